The molecule has 0 spiro atoms. The lowest BCUT2D eigenvalue weighted by Crippen LogP contribution is -2.38. The molecule has 3 aromatic heterocycles. The highest BCUT2D eigenvalue weighted by molar-refractivity contribution is 5.82. The third kappa shape index (κ3) is 5.10. The second-order valence-corrected chi connectivity index (χ2v) is 8.94. The summed E-state index contributed by atoms with van der Waals surface area (Å²) in [5, 5.41) is 9.24. The molecule has 196 valence electrons. The van der Waals surface area contributed by atoms with Gasteiger partial charge in [0, 0.05) is 51.0 Å². The molecule has 12 heteroatoms. The number of methoxy groups -OCH3 is 2. The number of pyridine rings is 2. The van der Waals surface area contributed by atoms with Crippen molar-refractivity contribution < 1.29 is 27.4 Å². The van der Waals surface area contributed by atoms with E-state index in [0.717, 1.165) is 5.39 Å². The largest absolute Gasteiger partial charge is 0.491 e. The Balaban J connectivity index is 1.52. The number of benzene rings is 1. The molecule has 0 aliphatic carbocycles. The van der Waals surface area contributed by atoms with Gasteiger partial charge < -0.3 is 19.9 Å². The van der Waals surface area contributed by atoms with Crippen LogP contribution in [0.2, 0.25) is 0 Å². The van der Waals surface area contributed by atoms with Crippen molar-refractivity contribution in [2.45, 2.75) is 24.4 Å². The molecule has 5 rings (SSSR count). The molecule has 1 fully saturated rings. The smallest absolute Gasteiger partial charge is 0.408 e. The van der Waals surface area contributed by atoms with Gasteiger partial charge in [-0.25, -0.2) is 4.98 Å². The summed E-state index contributed by atoms with van der Waals surface area (Å²) < 4.78 is 60.4. The van der Waals surface area contributed by atoms with Gasteiger partial charge in [-0.2, -0.15) is 13.2 Å². The first-order valence-electron chi connectivity index (χ1n) is 11.7. The van der Waals surface area contributed by atoms with E-state index in [4.69, 9.17) is 19.9 Å². The van der Waals surface area contributed by atoms with Gasteiger partial charge in [-0.3, -0.25) is 9.30 Å². The van der Waals surface area contributed by atoms with Crippen molar-refractivity contribution in [1.29, 1.82) is 0 Å². The van der Waals surface area contributed by atoms with Gasteiger partial charge in [0.1, 0.15) is 24.1 Å². The van der Waals surface area contributed by atoms with Crippen molar-refractivity contribution >= 4 is 16.6 Å². The highest BCUT2D eigenvalue weighted by Crippen LogP contribution is 2.40. The van der Waals surface area contributed by atoms with Gasteiger partial charge in [0.15, 0.2) is 11.5 Å². The van der Waals surface area contributed by atoms with E-state index in [1.807, 2.05) is 18.2 Å². The summed E-state index contributed by atoms with van der Waals surface area (Å²) in [6.45, 7) is 0.993. The van der Waals surface area contributed by atoms with Gasteiger partial charge >= 0.3 is 6.18 Å². The van der Waals surface area contributed by atoms with Gasteiger partial charge in [-0.15, -0.1) is 10.2 Å². The van der Waals surface area contributed by atoms with E-state index in [-0.39, 0.29) is 18.7 Å². The van der Waals surface area contributed by atoms with Crippen LogP contribution in [0.1, 0.15) is 11.6 Å². The quantitative estimate of drug-likeness (QED) is 0.357. The van der Waals surface area contributed by atoms with E-state index < -0.39 is 24.4 Å². The Hall–Kier alpha value is -3.32. The number of alkyl halides is 3. The Morgan fingerprint density at radius 3 is 2.59 bits per heavy atom. The Morgan fingerprint density at radius 2 is 1.86 bits per heavy atom. The molecule has 0 bridgehead atoms. The summed E-state index contributed by atoms with van der Waals surface area (Å²) in [5.41, 5.74) is 7.61. The van der Waals surface area contributed by atoms with Gasteiger partial charge in [0.05, 0.1) is 18.2 Å². The number of hydrogen-bond donors (Lipinski definition) is 1. The minimum absolute atomic E-state index is 0.0552. The lowest BCUT2D eigenvalue weighted by molar-refractivity contribution is -0.184. The van der Waals surface area contributed by atoms with Crippen LogP contribution in [0.5, 0.6) is 5.75 Å². The summed E-state index contributed by atoms with van der Waals surface area (Å²) >= 11 is 0. The van der Waals surface area contributed by atoms with Crippen molar-refractivity contribution in [2.75, 3.05) is 40.5 Å². The van der Waals surface area contributed by atoms with E-state index >= 15 is 0 Å². The van der Waals surface area contributed by atoms with Crippen LogP contribution in [0.3, 0.4) is 0 Å². The fourth-order valence-electron chi connectivity index (χ4n) is 4.69. The minimum Gasteiger partial charge on any atom is -0.491 e. The monoisotopic (exact) mass is 516 g/mol. The van der Waals surface area contributed by atoms with E-state index in [2.05, 4.69) is 15.2 Å². The Bertz CT molecular complexity index is 1400. The SMILES string of the molecule is COCCOc1ccc2ccc(-c3nnc4ccc([C@@H](N5C[C@H](N)[C@H](OC)C5)C(F)(F)F)cn34)nc2c1. The van der Waals surface area contributed by atoms with E-state index in [9.17, 15) is 13.2 Å². The summed E-state index contributed by atoms with van der Waals surface area (Å²) in [6.07, 6.45) is -3.57. The standard InChI is InChI=1S/C25H27F3N6O3/c1-35-9-10-37-17-6-3-15-4-7-19(30-20(15)11-17)24-32-31-22-8-5-16(12-34(22)24)23(25(26,27)28)33-13-18(29)21(14-33)36-2/h3-8,11-12,18,21,23H,9-10,13-14,29H2,1-2H3/t18-,21+,23+/m0/s1. The lowest BCUT2D eigenvalue weighted by Gasteiger charge is -2.30. The third-order valence-electron chi connectivity index (χ3n) is 6.51. The van der Waals surface area contributed by atoms with Gasteiger partial charge in [-0.05, 0) is 29.8 Å². The van der Waals surface area contributed by atoms with Crippen molar-refractivity contribution in [2.24, 2.45) is 5.73 Å². The number of ether oxygens (including phenoxy) is 3. The minimum atomic E-state index is -4.52. The number of nitrogens with two attached hydrogens (primary N) is 1. The molecule has 1 aromatic carbocycles. The van der Waals surface area contributed by atoms with Crippen molar-refractivity contribution in [3.8, 4) is 17.3 Å². The van der Waals surface area contributed by atoms with E-state index in [0.29, 0.717) is 41.6 Å². The van der Waals surface area contributed by atoms with E-state index in [1.165, 1.54) is 34.7 Å². The van der Waals surface area contributed by atoms with Crippen LogP contribution in [0.25, 0.3) is 28.1 Å². The molecule has 0 radical (unpaired) electrons. The lowest BCUT2D eigenvalue weighted by atomic mass is 10.1. The Kier molecular flexibility index (Phi) is 6.99. The molecule has 1 saturated heterocycles. The summed E-state index contributed by atoms with van der Waals surface area (Å²) in [7, 11) is 3.05. The van der Waals surface area contributed by atoms with Crippen molar-refractivity contribution in [3.05, 3.63) is 54.2 Å². The van der Waals surface area contributed by atoms with Crippen LogP contribution in [-0.2, 0) is 9.47 Å². The molecule has 1 aliphatic rings. The fraction of sp³-hybridized carbons (Fsp3) is 0.400. The molecule has 0 unspecified atom stereocenters. The first kappa shape index (κ1) is 25.3. The molecular formula is C25H27F3N6O3. The molecule has 0 saturated carbocycles. The zero-order valence-corrected chi connectivity index (χ0v) is 20.4. The molecule has 4 heterocycles. The average Bonchev–Trinajstić information content (AvgIpc) is 3.45. The number of fused-ring (bicyclic) bond motifs is 2. The van der Waals surface area contributed by atoms with E-state index in [1.54, 1.807) is 19.2 Å². The third-order valence-corrected chi connectivity index (χ3v) is 6.51. The predicted molar refractivity (Wildman–Crippen MR) is 130 cm³/mol. The zero-order valence-electron chi connectivity index (χ0n) is 20.4. The Morgan fingerprint density at radius 1 is 1.05 bits per heavy atom. The summed E-state index contributed by atoms with van der Waals surface area (Å²) in [4.78, 5) is 6.00. The molecule has 9 nitrogen and oxygen atoms in total. The number of likely N-dealkylation sites (tertiary alicyclic amines) is 1. The topological polar surface area (TPSA) is 100 Å². The molecule has 0 amide bonds. The van der Waals surface area contributed by atoms with Crippen LogP contribution in [0.4, 0.5) is 13.2 Å². The second kappa shape index (κ2) is 10.2. The predicted octanol–water partition coefficient (Wildman–Crippen LogP) is 3.23. The highest BCUT2D eigenvalue weighted by atomic mass is 19.4. The zero-order chi connectivity index (χ0) is 26.2. The molecule has 3 atom stereocenters. The molecule has 1 aliphatic heterocycles. The summed E-state index contributed by atoms with van der Waals surface area (Å²) in [5.74, 6) is 0.965. The molecule has 4 aromatic rings. The second-order valence-electron chi connectivity index (χ2n) is 8.94. The number of halogens is 3. The van der Waals surface area contributed by atoms with Crippen molar-refractivity contribution in [3.63, 3.8) is 0 Å². The molecular weight excluding hydrogens is 489 g/mol. The van der Waals surface area contributed by atoms with Gasteiger partial charge in [-0.1, -0.05) is 12.1 Å². The van der Waals surface area contributed by atoms with Crippen LogP contribution in [0, 0.1) is 0 Å². The summed E-state index contributed by atoms with van der Waals surface area (Å²) in [6, 6.07) is 9.75. The molecule has 2 N–H and O–H groups in total. The van der Waals surface area contributed by atoms with Crippen LogP contribution < -0.4 is 10.5 Å². The van der Waals surface area contributed by atoms with Gasteiger partial charge in [0.2, 0.25) is 0 Å². The maximum Gasteiger partial charge on any atom is 0.408 e. The number of nitrogens with zero attached hydrogens (tertiary/aromatic N) is 5. The highest BCUT2D eigenvalue weighted by Gasteiger charge is 2.48. The first-order chi connectivity index (χ1) is 17.8. The Labute approximate surface area is 210 Å². The number of aromatic nitrogens is 4. The maximum atomic E-state index is 14.3. The fourth-order valence-corrected chi connectivity index (χ4v) is 4.69. The van der Waals surface area contributed by atoms with Crippen LogP contribution >= 0.6 is 0 Å². The first-order valence-corrected chi connectivity index (χ1v) is 11.7. The van der Waals surface area contributed by atoms with Crippen molar-refractivity contribution in [1.82, 2.24) is 24.5 Å². The average molecular weight is 517 g/mol. The number of rotatable bonds is 8. The van der Waals surface area contributed by atoms with Crippen LogP contribution in [-0.4, -0.2) is 83.3 Å². The normalized spacial score (nSPS) is 19.6. The van der Waals surface area contributed by atoms with Gasteiger partial charge in [0.25, 0.3) is 0 Å². The maximum absolute atomic E-state index is 14.3. The van der Waals surface area contributed by atoms with Crippen LogP contribution in [0.15, 0.2) is 48.7 Å². The molecule has 37 heavy (non-hydrogen) atoms. The number of hydrogen-bond acceptors (Lipinski definition) is 8.